The van der Waals surface area contributed by atoms with Crippen LogP contribution in [0.2, 0.25) is 0 Å². The number of aliphatic hydroxyl groups excluding tert-OH is 1. The fourth-order valence-electron chi connectivity index (χ4n) is 3.49. The highest BCUT2D eigenvalue weighted by Gasteiger charge is 2.45. The first-order chi connectivity index (χ1) is 15.0. The average Bonchev–Trinajstić information content (AvgIpc) is 3.03. The van der Waals surface area contributed by atoms with E-state index in [4.69, 9.17) is 9.47 Å². The van der Waals surface area contributed by atoms with Crippen molar-refractivity contribution in [3.05, 3.63) is 71.0 Å². The van der Waals surface area contributed by atoms with Crippen LogP contribution >= 0.6 is 0 Å². The number of ether oxygens (including phenoxy) is 2. The Morgan fingerprint density at radius 2 is 1.74 bits per heavy atom. The fourth-order valence-corrected chi connectivity index (χ4v) is 3.49. The summed E-state index contributed by atoms with van der Waals surface area (Å²) in [7, 11) is 1.51. The van der Waals surface area contributed by atoms with Crippen LogP contribution in [-0.2, 0) is 14.3 Å². The van der Waals surface area contributed by atoms with E-state index in [0.29, 0.717) is 17.9 Å². The van der Waals surface area contributed by atoms with Crippen molar-refractivity contribution in [2.45, 2.75) is 25.8 Å². The topological polar surface area (TPSA) is 76.1 Å². The Morgan fingerprint density at radius 1 is 1.06 bits per heavy atom. The Hall–Kier alpha value is -3.19. The molecule has 164 valence electrons. The van der Waals surface area contributed by atoms with Gasteiger partial charge in [-0.2, -0.15) is 0 Å². The number of aliphatic hydroxyl groups is 1. The Balaban J connectivity index is 2.02. The number of rotatable bonds is 9. The number of amides is 1. The van der Waals surface area contributed by atoms with Gasteiger partial charge in [-0.25, -0.2) is 4.39 Å². The van der Waals surface area contributed by atoms with Crippen molar-refractivity contribution in [3.8, 4) is 5.75 Å². The number of halogens is 1. The first-order valence-electron chi connectivity index (χ1n) is 10.2. The van der Waals surface area contributed by atoms with Gasteiger partial charge in [-0.05, 0) is 48.4 Å². The predicted molar refractivity (Wildman–Crippen MR) is 114 cm³/mol. The third-order valence-electron chi connectivity index (χ3n) is 5.16. The van der Waals surface area contributed by atoms with E-state index in [9.17, 15) is 19.1 Å². The zero-order valence-electron chi connectivity index (χ0n) is 17.6. The van der Waals surface area contributed by atoms with Crippen LogP contribution in [0.25, 0.3) is 5.76 Å². The van der Waals surface area contributed by atoms with Crippen LogP contribution in [0, 0.1) is 5.82 Å². The molecule has 31 heavy (non-hydrogen) atoms. The molecule has 0 aromatic heterocycles. The van der Waals surface area contributed by atoms with Gasteiger partial charge in [0, 0.05) is 19.2 Å². The quantitative estimate of drug-likeness (QED) is 0.283. The molecule has 0 saturated carbocycles. The Morgan fingerprint density at radius 3 is 2.35 bits per heavy atom. The lowest BCUT2D eigenvalue weighted by Gasteiger charge is -2.25. The number of benzene rings is 2. The summed E-state index contributed by atoms with van der Waals surface area (Å²) in [6.45, 7) is 3.10. The first kappa shape index (κ1) is 22.5. The summed E-state index contributed by atoms with van der Waals surface area (Å²) in [5, 5.41) is 10.9. The monoisotopic (exact) mass is 427 g/mol. The number of likely N-dealkylation sites (tertiary alicyclic amines) is 1. The molecule has 1 atom stereocenters. The third kappa shape index (κ3) is 4.94. The van der Waals surface area contributed by atoms with Crippen LogP contribution in [0.15, 0.2) is 54.1 Å². The number of methoxy groups -OCH3 is 1. The van der Waals surface area contributed by atoms with E-state index in [-0.39, 0.29) is 30.0 Å². The maximum absolute atomic E-state index is 13.3. The number of unbranched alkanes of at least 4 members (excludes halogenated alkanes) is 1. The molecule has 6 nitrogen and oxygen atoms in total. The van der Waals surface area contributed by atoms with Crippen LogP contribution < -0.4 is 4.74 Å². The number of carbonyl (C=O) groups excluding carboxylic acids is 2. The number of Topliss-reactive ketones (excluding diaryl/α,β-unsaturated/α-hetero) is 1. The van der Waals surface area contributed by atoms with Crippen LogP contribution in [0.4, 0.5) is 4.39 Å². The molecule has 0 aliphatic carbocycles. The lowest BCUT2D eigenvalue weighted by molar-refractivity contribution is -0.140. The summed E-state index contributed by atoms with van der Waals surface area (Å²) >= 11 is 0. The Bertz CT molecular complexity index is 953. The minimum absolute atomic E-state index is 0.0348. The van der Waals surface area contributed by atoms with Crippen LogP contribution in [0.5, 0.6) is 5.75 Å². The fraction of sp³-hybridized carbons (Fsp3) is 0.333. The highest BCUT2D eigenvalue weighted by Crippen LogP contribution is 2.39. The van der Waals surface area contributed by atoms with Crippen molar-refractivity contribution in [1.82, 2.24) is 4.90 Å². The molecular weight excluding hydrogens is 401 g/mol. The van der Waals surface area contributed by atoms with Gasteiger partial charge in [0.2, 0.25) is 0 Å². The maximum Gasteiger partial charge on any atom is 0.295 e. The molecule has 3 rings (SSSR count). The number of ketones is 1. The second-order valence-electron chi connectivity index (χ2n) is 7.26. The number of nitrogens with zero attached hydrogens (tertiary/aromatic N) is 1. The maximum atomic E-state index is 13.3. The van der Waals surface area contributed by atoms with Crippen molar-refractivity contribution >= 4 is 17.4 Å². The van der Waals surface area contributed by atoms with Gasteiger partial charge in [0.1, 0.15) is 17.3 Å². The summed E-state index contributed by atoms with van der Waals surface area (Å²) < 4.78 is 24.1. The molecule has 0 radical (unpaired) electrons. The number of hydrogen-bond acceptors (Lipinski definition) is 5. The van der Waals surface area contributed by atoms with E-state index >= 15 is 0 Å². The highest BCUT2D eigenvalue weighted by atomic mass is 19.1. The van der Waals surface area contributed by atoms with Crippen molar-refractivity contribution < 1.29 is 28.6 Å². The summed E-state index contributed by atoms with van der Waals surface area (Å²) in [5.74, 6) is -1.62. The van der Waals surface area contributed by atoms with Gasteiger partial charge in [-0.15, -0.1) is 0 Å². The van der Waals surface area contributed by atoms with Gasteiger partial charge in [0.25, 0.3) is 11.7 Å². The largest absolute Gasteiger partial charge is 0.507 e. The molecule has 1 heterocycles. The van der Waals surface area contributed by atoms with Gasteiger partial charge in [0.05, 0.1) is 24.8 Å². The molecule has 1 N–H and O–H groups in total. The second-order valence-corrected chi connectivity index (χ2v) is 7.26. The minimum Gasteiger partial charge on any atom is -0.507 e. The standard InChI is InChI=1S/C24H26FNO5/c1-3-4-14-31-19-11-7-16(8-12-19)21-20(22(27)17-5-9-18(25)10-6-17)23(28)24(29)26(21)13-15-30-2/h5-12,21,27H,3-4,13-15H2,1-2H3/b22-20-. The van der Waals surface area contributed by atoms with Crippen LogP contribution in [-0.4, -0.2) is 48.6 Å². The molecule has 2 aromatic carbocycles. The number of hydrogen-bond donors (Lipinski definition) is 1. The molecule has 1 unspecified atom stereocenters. The van der Waals surface area contributed by atoms with Crippen molar-refractivity contribution in [3.63, 3.8) is 0 Å². The van der Waals surface area contributed by atoms with Gasteiger partial charge >= 0.3 is 0 Å². The number of carbonyl (C=O) groups is 2. The molecule has 1 aliphatic rings. The predicted octanol–water partition coefficient (Wildman–Crippen LogP) is 4.07. The lowest BCUT2D eigenvalue weighted by atomic mass is 9.95. The van der Waals surface area contributed by atoms with Crippen LogP contribution in [0.3, 0.4) is 0 Å². The molecule has 1 saturated heterocycles. The first-order valence-corrected chi connectivity index (χ1v) is 10.2. The molecule has 1 fully saturated rings. The summed E-state index contributed by atoms with van der Waals surface area (Å²) in [6, 6.07) is 11.4. The van der Waals surface area contributed by atoms with Gasteiger partial charge < -0.3 is 19.5 Å². The molecule has 7 heteroatoms. The summed E-state index contributed by atoms with van der Waals surface area (Å²) in [6.07, 6.45) is 1.96. The molecule has 0 bridgehead atoms. The average molecular weight is 427 g/mol. The smallest absolute Gasteiger partial charge is 0.295 e. The van der Waals surface area contributed by atoms with Crippen LogP contribution in [0.1, 0.15) is 36.9 Å². The normalized spacial score (nSPS) is 17.9. The van der Waals surface area contributed by atoms with Gasteiger partial charge in [-0.3, -0.25) is 9.59 Å². The zero-order chi connectivity index (χ0) is 22.4. The molecule has 1 aliphatic heterocycles. The van der Waals surface area contributed by atoms with Gasteiger partial charge in [-0.1, -0.05) is 25.5 Å². The molecule has 2 aromatic rings. The minimum atomic E-state index is -0.787. The van der Waals surface area contributed by atoms with E-state index < -0.39 is 23.5 Å². The van der Waals surface area contributed by atoms with Crippen molar-refractivity contribution in [2.75, 3.05) is 26.9 Å². The van der Waals surface area contributed by atoms with E-state index in [2.05, 4.69) is 6.92 Å². The second kappa shape index (κ2) is 10.2. The van der Waals surface area contributed by atoms with E-state index in [0.717, 1.165) is 12.8 Å². The van der Waals surface area contributed by atoms with Crippen molar-refractivity contribution in [2.24, 2.45) is 0 Å². The van der Waals surface area contributed by atoms with E-state index in [1.807, 2.05) is 0 Å². The summed E-state index contributed by atoms with van der Waals surface area (Å²) in [4.78, 5) is 26.9. The summed E-state index contributed by atoms with van der Waals surface area (Å²) in [5.41, 5.74) is 0.879. The van der Waals surface area contributed by atoms with E-state index in [1.165, 1.54) is 36.3 Å². The molecular formula is C24H26FNO5. The molecule has 1 amide bonds. The SMILES string of the molecule is CCCCOc1ccc(C2/C(=C(/O)c3ccc(F)cc3)C(=O)C(=O)N2CCOC)cc1. The van der Waals surface area contributed by atoms with E-state index in [1.54, 1.807) is 24.3 Å². The lowest BCUT2D eigenvalue weighted by Crippen LogP contribution is -2.32. The third-order valence-corrected chi connectivity index (χ3v) is 5.16. The Kier molecular flexibility index (Phi) is 7.41. The Labute approximate surface area is 180 Å². The van der Waals surface area contributed by atoms with Crippen molar-refractivity contribution in [1.29, 1.82) is 0 Å². The zero-order valence-corrected chi connectivity index (χ0v) is 17.6. The highest BCUT2D eigenvalue weighted by molar-refractivity contribution is 6.46. The molecule has 0 spiro atoms. The van der Waals surface area contributed by atoms with Gasteiger partial charge in [0.15, 0.2) is 0 Å².